The molecule has 0 aromatic rings. The minimum Gasteiger partial charge on any atom is -0.436 e. The SMILES string of the molecule is CC(=O)OC(O)C(C)C/C=C/CCC#N. The normalized spacial score (nSPS) is 14.5. The summed E-state index contributed by atoms with van der Waals surface area (Å²) < 4.78 is 4.62. The number of aliphatic hydroxyl groups is 1. The van der Waals surface area contributed by atoms with Crippen LogP contribution in [-0.2, 0) is 9.53 Å². The number of unbranched alkanes of at least 4 members (excludes halogenated alkanes) is 1. The van der Waals surface area contributed by atoms with E-state index in [2.05, 4.69) is 4.74 Å². The average molecular weight is 211 g/mol. The molecule has 0 aromatic heterocycles. The first kappa shape index (κ1) is 13.7. The van der Waals surface area contributed by atoms with Gasteiger partial charge in [-0.05, 0) is 12.8 Å². The molecule has 0 aliphatic heterocycles. The number of hydrogen-bond donors (Lipinski definition) is 1. The zero-order valence-corrected chi connectivity index (χ0v) is 9.14. The molecule has 0 spiro atoms. The highest BCUT2D eigenvalue weighted by atomic mass is 16.6. The first-order valence-electron chi connectivity index (χ1n) is 4.95. The van der Waals surface area contributed by atoms with Crippen LogP contribution in [0.5, 0.6) is 0 Å². The van der Waals surface area contributed by atoms with Crippen LogP contribution < -0.4 is 0 Å². The minimum atomic E-state index is -1.05. The number of carbonyl (C=O) groups excluding carboxylic acids is 1. The highest BCUT2D eigenvalue weighted by Gasteiger charge is 2.15. The third kappa shape index (κ3) is 7.71. The highest BCUT2D eigenvalue weighted by Crippen LogP contribution is 2.10. The number of aliphatic hydroxyl groups excluding tert-OH is 1. The molecule has 15 heavy (non-hydrogen) atoms. The van der Waals surface area contributed by atoms with Gasteiger partial charge in [0.15, 0.2) is 0 Å². The van der Waals surface area contributed by atoms with Crippen LogP contribution in [0.1, 0.15) is 33.1 Å². The van der Waals surface area contributed by atoms with E-state index in [0.717, 1.165) is 0 Å². The molecular weight excluding hydrogens is 194 g/mol. The summed E-state index contributed by atoms with van der Waals surface area (Å²) >= 11 is 0. The number of nitriles is 1. The lowest BCUT2D eigenvalue weighted by Gasteiger charge is -2.16. The van der Waals surface area contributed by atoms with E-state index in [1.807, 2.05) is 18.2 Å². The summed E-state index contributed by atoms with van der Waals surface area (Å²) in [6, 6.07) is 2.03. The van der Waals surface area contributed by atoms with E-state index >= 15 is 0 Å². The van der Waals surface area contributed by atoms with Crippen molar-refractivity contribution < 1.29 is 14.6 Å². The molecule has 0 aliphatic rings. The number of carbonyl (C=O) groups is 1. The first-order valence-corrected chi connectivity index (χ1v) is 4.95. The Morgan fingerprint density at radius 2 is 2.27 bits per heavy atom. The van der Waals surface area contributed by atoms with Crippen molar-refractivity contribution in [2.75, 3.05) is 0 Å². The Labute approximate surface area is 90.2 Å². The second kappa shape index (κ2) is 8.01. The molecular formula is C11H17NO3. The van der Waals surface area contributed by atoms with Crippen molar-refractivity contribution in [1.29, 1.82) is 5.26 Å². The van der Waals surface area contributed by atoms with Gasteiger partial charge in [0.25, 0.3) is 0 Å². The predicted molar refractivity (Wildman–Crippen MR) is 55.5 cm³/mol. The molecule has 1 N–H and O–H groups in total. The lowest BCUT2D eigenvalue weighted by molar-refractivity contribution is -0.173. The molecule has 0 saturated heterocycles. The number of hydrogen-bond acceptors (Lipinski definition) is 4. The van der Waals surface area contributed by atoms with Crippen molar-refractivity contribution in [1.82, 2.24) is 0 Å². The molecule has 2 atom stereocenters. The second-order valence-electron chi connectivity index (χ2n) is 3.38. The standard InChI is InChI=1S/C11H17NO3/c1-9(11(14)15-10(2)13)7-5-3-4-6-8-12/h3,5,9,11,14H,4,6-7H2,1-2H3/b5-3+. The molecule has 2 unspecified atom stereocenters. The molecule has 0 fully saturated rings. The molecule has 0 bridgehead atoms. The smallest absolute Gasteiger partial charge is 0.304 e. The van der Waals surface area contributed by atoms with Gasteiger partial charge in [0.05, 0.1) is 6.07 Å². The van der Waals surface area contributed by atoms with E-state index in [-0.39, 0.29) is 5.92 Å². The van der Waals surface area contributed by atoms with Gasteiger partial charge in [-0.3, -0.25) is 4.79 Å². The van der Waals surface area contributed by atoms with Gasteiger partial charge in [0, 0.05) is 19.3 Å². The summed E-state index contributed by atoms with van der Waals surface area (Å²) in [6.07, 6.45) is 4.56. The van der Waals surface area contributed by atoms with Crippen LogP contribution in [0.3, 0.4) is 0 Å². The maximum atomic E-state index is 10.5. The fraction of sp³-hybridized carbons (Fsp3) is 0.636. The third-order valence-electron chi connectivity index (χ3n) is 1.87. The Kier molecular flexibility index (Phi) is 7.29. The van der Waals surface area contributed by atoms with Crippen molar-refractivity contribution >= 4 is 5.97 Å². The number of nitrogens with zero attached hydrogens (tertiary/aromatic N) is 1. The van der Waals surface area contributed by atoms with Gasteiger partial charge in [-0.25, -0.2) is 0 Å². The van der Waals surface area contributed by atoms with Crippen LogP contribution in [0.15, 0.2) is 12.2 Å². The molecule has 4 heteroatoms. The fourth-order valence-electron chi connectivity index (χ4n) is 0.979. The maximum absolute atomic E-state index is 10.5. The van der Waals surface area contributed by atoms with Crippen LogP contribution in [0, 0.1) is 17.2 Å². The van der Waals surface area contributed by atoms with E-state index in [4.69, 9.17) is 5.26 Å². The topological polar surface area (TPSA) is 70.3 Å². The molecule has 0 amide bonds. The molecule has 0 rings (SSSR count). The van der Waals surface area contributed by atoms with Crippen LogP contribution in [0.2, 0.25) is 0 Å². The Balaban J connectivity index is 3.73. The molecule has 84 valence electrons. The van der Waals surface area contributed by atoms with Crippen molar-refractivity contribution in [3.8, 4) is 6.07 Å². The summed E-state index contributed by atoms with van der Waals surface area (Å²) in [5.41, 5.74) is 0. The van der Waals surface area contributed by atoms with Crippen molar-refractivity contribution in [3.63, 3.8) is 0 Å². The van der Waals surface area contributed by atoms with Gasteiger partial charge >= 0.3 is 5.97 Å². The predicted octanol–water partition coefficient (Wildman–Crippen LogP) is 1.75. The van der Waals surface area contributed by atoms with E-state index in [9.17, 15) is 9.90 Å². The zero-order valence-electron chi connectivity index (χ0n) is 9.14. The largest absolute Gasteiger partial charge is 0.436 e. The lowest BCUT2D eigenvalue weighted by atomic mass is 10.1. The molecule has 0 aliphatic carbocycles. The summed E-state index contributed by atoms with van der Waals surface area (Å²) in [7, 11) is 0. The Bertz CT molecular complexity index is 255. The van der Waals surface area contributed by atoms with Crippen LogP contribution in [0.4, 0.5) is 0 Å². The van der Waals surface area contributed by atoms with Crippen LogP contribution >= 0.6 is 0 Å². The van der Waals surface area contributed by atoms with E-state index in [1.165, 1.54) is 6.92 Å². The molecule has 0 aromatic carbocycles. The van der Waals surface area contributed by atoms with Gasteiger partial charge in [-0.1, -0.05) is 19.1 Å². The quantitative estimate of drug-likeness (QED) is 0.314. The lowest BCUT2D eigenvalue weighted by Crippen LogP contribution is -2.23. The molecule has 4 nitrogen and oxygen atoms in total. The molecule has 0 radical (unpaired) electrons. The average Bonchev–Trinajstić information content (AvgIpc) is 2.16. The summed E-state index contributed by atoms with van der Waals surface area (Å²) in [4.78, 5) is 10.5. The number of ether oxygens (including phenoxy) is 1. The fourth-order valence-corrected chi connectivity index (χ4v) is 0.979. The summed E-state index contributed by atoms with van der Waals surface area (Å²) in [5, 5.41) is 17.6. The zero-order chi connectivity index (χ0) is 11.7. The van der Waals surface area contributed by atoms with E-state index in [0.29, 0.717) is 19.3 Å². The second-order valence-corrected chi connectivity index (χ2v) is 3.38. The van der Waals surface area contributed by atoms with Crippen LogP contribution in [-0.4, -0.2) is 17.4 Å². The van der Waals surface area contributed by atoms with Gasteiger partial charge in [-0.15, -0.1) is 0 Å². The van der Waals surface area contributed by atoms with Gasteiger partial charge in [-0.2, -0.15) is 5.26 Å². The van der Waals surface area contributed by atoms with Crippen molar-refractivity contribution in [2.45, 2.75) is 39.4 Å². The van der Waals surface area contributed by atoms with E-state index in [1.54, 1.807) is 6.92 Å². The van der Waals surface area contributed by atoms with Crippen molar-refractivity contribution in [2.24, 2.45) is 5.92 Å². The minimum absolute atomic E-state index is 0.132. The van der Waals surface area contributed by atoms with Gasteiger partial charge in [0.2, 0.25) is 6.29 Å². The molecule has 0 heterocycles. The monoisotopic (exact) mass is 211 g/mol. The van der Waals surface area contributed by atoms with Crippen molar-refractivity contribution in [3.05, 3.63) is 12.2 Å². The van der Waals surface area contributed by atoms with Gasteiger partial charge in [0.1, 0.15) is 0 Å². The highest BCUT2D eigenvalue weighted by molar-refractivity contribution is 5.66. The maximum Gasteiger partial charge on any atom is 0.304 e. The number of esters is 1. The Morgan fingerprint density at radius 3 is 2.80 bits per heavy atom. The van der Waals surface area contributed by atoms with Crippen LogP contribution in [0.25, 0.3) is 0 Å². The van der Waals surface area contributed by atoms with Gasteiger partial charge < -0.3 is 9.84 Å². The summed E-state index contributed by atoms with van der Waals surface area (Å²) in [6.45, 7) is 3.06. The third-order valence-corrected chi connectivity index (χ3v) is 1.87. The number of rotatable bonds is 6. The summed E-state index contributed by atoms with van der Waals surface area (Å²) in [5.74, 6) is -0.616. The molecule has 0 saturated carbocycles. The van der Waals surface area contributed by atoms with E-state index < -0.39 is 12.3 Å². The number of allylic oxidation sites excluding steroid dienone is 2. The first-order chi connectivity index (χ1) is 7.07. The Hall–Kier alpha value is -1.34. The Morgan fingerprint density at radius 1 is 1.60 bits per heavy atom.